The highest BCUT2D eigenvalue weighted by Crippen LogP contribution is 2.27. The van der Waals surface area contributed by atoms with Crippen molar-refractivity contribution in [2.24, 2.45) is 0 Å². The molecule has 1 atom stereocenters. The van der Waals surface area contributed by atoms with E-state index in [4.69, 9.17) is 23.2 Å². The summed E-state index contributed by atoms with van der Waals surface area (Å²) in [5.74, 6) is 0. The minimum atomic E-state index is 0.198. The van der Waals surface area contributed by atoms with Crippen LogP contribution in [-0.4, -0.2) is 0 Å². The normalized spacial score (nSPS) is 12.7. The fourth-order valence-electron chi connectivity index (χ4n) is 2.08. The molecular formula is C15H17Cl2NS. The van der Waals surface area contributed by atoms with Crippen molar-refractivity contribution in [3.8, 4) is 0 Å². The fraction of sp³-hybridized carbons (Fsp3) is 0.333. The minimum absolute atomic E-state index is 0.198. The van der Waals surface area contributed by atoms with E-state index in [1.54, 1.807) is 6.07 Å². The van der Waals surface area contributed by atoms with Crippen molar-refractivity contribution in [3.05, 3.63) is 55.2 Å². The van der Waals surface area contributed by atoms with Crippen LogP contribution >= 0.6 is 34.5 Å². The van der Waals surface area contributed by atoms with Crippen molar-refractivity contribution in [1.82, 2.24) is 5.32 Å². The summed E-state index contributed by atoms with van der Waals surface area (Å²) < 4.78 is 0. The van der Waals surface area contributed by atoms with Gasteiger partial charge in [-0.2, -0.15) is 0 Å². The minimum Gasteiger partial charge on any atom is -0.306 e. The van der Waals surface area contributed by atoms with Crippen LogP contribution in [0.25, 0.3) is 0 Å². The second kappa shape index (κ2) is 6.27. The molecule has 0 saturated heterocycles. The summed E-state index contributed by atoms with van der Waals surface area (Å²) in [6.45, 7) is 7.27. The van der Waals surface area contributed by atoms with Crippen molar-refractivity contribution in [2.45, 2.75) is 33.4 Å². The van der Waals surface area contributed by atoms with Crippen LogP contribution in [0.3, 0.4) is 0 Å². The summed E-state index contributed by atoms with van der Waals surface area (Å²) >= 11 is 14.0. The molecule has 0 amide bonds. The van der Waals surface area contributed by atoms with Crippen molar-refractivity contribution in [2.75, 3.05) is 0 Å². The maximum Gasteiger partial charge on any atom is 0.0468 e. The number of rotatable bonds is 4. The fourth-order valence-corrected chi connectivity index (χ4v) is 3.60. The van der Waals surface area contributed by atoms with Gasteiger partial charge in [-0.1, -0.05) is 29.3 Å². The Morgan fingerprint density at radius 1 is 1.21 bits per heavy atom. The molecule has 1 aromatic heterocycles. The maximum absolute atomic E-state index is 6.22. The molecule has 1 heterocycles. The molecule has 0 aliphatic heterocycles. The first-order valence-electron chi connectivity index (χ1n) is 6.21. The molecule has 1 N–H and O–H groups in total. The molecule has 1 aromatic carbocycles. The van der Waals surface area contributed by atoms with Gasteiger partial charge in [-0.25, -0.2) is 0 Å². The first kappa shape index (κ1) is 14.9. The molecule has 0 aliphatic carbocycles. The Balaban J connectivity index is 2.05. The first-order chi connectivity index (χ1) is 8.97. The van der Waals surface area contributed by atoms with Crippen LogP contribution in [0.2, 0.25) is 10.0 Å². The zero-order valence-corrected chi connectivity index (χ0v) is 13.6. The summed E-state index contributed by atoms with van der Waals surface area (Å²) in [5.41, 5.74) is 2.44. The lowest BCUT2D eigenvalue weighted by Gasteiger charge is -2.16. The number of nitrogens with one attached hydrogen (secondary N) is 1. The third kappa shape index (κ3) is 3.73. The smallest absolute Gasteiger partial charge is 0.0468 e. The van der Waals surface area contributed by atoms with E-state index in [1.165, 1.54) is 15.3 Å². The second-order valence-electron chi connectivity index (χ2n) is 4.71. The molecule has 4 heteroatoms. The first-order valence-corrected chi connectivity index (χ1v) is 7.79. The molecule has 0 saturated carbocycles. The predicted molar refractivity (Wildman–Crippen MR) is 85.5 cm³/mol. The van der Waals surface area contributed by atoms with E-state index in [-0.39, 0.29) is 6.04 Å². The van der Waals surface area contributed by atoms with Crippen LogP contribution in [0.5, 0.6) is 0 Å². The number of hydrogen-bond donors (Lipinski definition) is 1. The Morgan fingerprint density at radius 3 is 2.53 bits per heavy atom. The van der Waals surface area contributed by atoms with Gasteiger partial charge in [0.25, 0.3) is 0 Å². The Labute approximate surface area is 128 Å². The SMILES string of the molecule is Cc1cc(CNC(C)c2ccc(Cl)cc2Cl)c(C)s1. The molecule has 0 fully saturated rings. The standard InChI is InChI=1S/C15H17Cl2NS/c1-9-6-12(11(3)19-9)8-18-10(2)14-5-4-13(16)7-15(14)17/h4-7,10,18H,8H2,1-3H3. The maximum atomic E-state index is 6.22. The van der Waals surface area contributed by atoms with E-state index >= 15 is 0 Å². The Hall–Kier alpha value is -0.540. The van der Waals surface area contributed by atoms with Crippen molar-refractivity contribution < 1.29 is 0 Å². The van der Waals surface area contributed by atoms with E-state index in [1.807, 2.05) is 23.5 Å². The molecule has 0 bridgehead atoms. The number of thiophene rings is 1. The van der Waals surface area contributed by atoms with Gasteiger partial charge in [-0.3, -0.25) is 0 Å². The van der Waals surface area contributed by atoms with Crippen LogP contribution in [0, 0.1) is 13.8 Å². The summed E-state index contributed by atoms with van der Waals surface area (Å²) in [4.78, 5) is 2.73. The van der Waals surface area contributed by atoms with Gasteiger partial charge in [0.2, 0.25) is 0 Å². The van der Waals surface area contributed by atoms with Gasteiger partial charge < -0.3 is 5.32 Å². The predicted octanol–water partition coefficient (Wildman–Crippen LogP) is 5.52. The zero-order valence-electron chi connectivity index (χ0n) is 11.3. The molecule has 1 unspecified atom stereocenters. The summed E-state index contributed by atoms with van der Waals surface area (Å²) in [7, 11) is 0. The van der Waals surface area contributed by atoms with Crippen LogP contribution in [0.15, 0.2) is 24.3 Å². The molecule has 0 aliphatic rings. The summed E-state index contributed by atoms with van der Waals surface area (Å²) in [6, 6.07) is 8.08. The van der Waals surface area contributed by atoms with Gasteiger partial charge >= 0.3 is 0 Å². The van der Waals surface area contributed by atoms with Gasteiger partial charge in [0.05, 0.1) is 0 Å². The highest BCUT2D eigenvalue weighted by atomic mass is 35.5. The van der Waals surface area contributed by atoms with Gasteiger partial charge in [0.15, 0.2) is 0 Å². The van der Waals surface area contributed by atoms with E-state index in [0.717, 1.165) is 12.1 Å². The molecule has 19 heavy (non-hydrogen) atoms. The lowest BCUT2D eigenvalue weighted by molar-refractivity contribution is 0.574. The molecule has 0 spiro atoms. The van der Waals surface area contributed by atoms with Crippen LogP contribution < -0.4 is 5.32 Å². The van der Waals surface area contributed by atoms with Gasteiger partial charge in [-0.05, 0) is 50.1 Å². The lowest BCUT2D eigenvalue weighted by Crippen LogP contribution is -2.18. The van der Waals surface area contributed by atoms with Gasteiger partial charge in [0, 0.05) is 32.4 Å². The zero-order chi connectivity index (χ0) is 14.0. The summed E-state index contributed by atoms with van der Waals surface area (Å²) in [5, 5.41) is 4.89. The highest BCUT2D eigenvalue weighted by Gasteiger charge is 2.11. The molecule has 2 aromatic rings. The van der Waals surface area contributed by atoms with E-state index in [2.05, 4.69) is 32.2 Å². The van der Waals surface area contributed by atoms with Crippen molar-refractivity contribution in [1.29, 1.82) is 0 Å². The third-order valence-electron chi connectivity index (χ3n) is 3.17. The Bertz CT molecular complexity index is 578. The van der Waals surface area contributed by atoms with E-state index < -0.39 is 0 Å². The van der Waals surface area contributed by atoms with E-state index in [9.17, 15) is 0 Å². The average Bonchev–Trinajstić information content (AvgIpc) is 2.65. The second-order valence-corrected chi connectivity index (χ2v) is 7.01. The third-order valence-corrected chi connectivity index (χ3v) is 4.74. The van der Waals surface area contributed by atoms with Gasteiger partial charge in [-0.15, -0.1) is 11.3 Å². The van der Waals surface area contributed by atoms with Crippen LogP contribution in [0.4, 0.5) is 0 Å². The molecule has 102 valence electrons. The number of halogens is 2. The quantitative estimate of drug-likeness (QED) is 0.783. The number of aryl methyl sites for hydroxylation is 2. The van der Waals surface area contributed by atoms with Gasteiger partial charge in [0.1, 0.15) is 0 Å². The monoisotopic (exact) mass is 313 g/mol. The lowest BCUT2D eigenvalue weighted by atomic mass is 10.1. The van der Waals surface area contributed by atoms with Crippen LogP contribution in [-0.2, 0) is 6.54 Å². The van der Waals surface area contributed by atoms with E-state index in [0.29, 0.717) is 10.0 Å². The van der Waals surface area contributed by atoms with Crippen LogP contribution in [0.1, 0.15) is 33.8 Å². The summed E-state index contributed by atoms with van der Waals surface area (Å²) in [6.07, 6.45) is 0. The Kier molecular flexibility index (Phi) is 4.91. The number of benzene rings is 1. The molecule has 0 radical (unpaired) electrons. The topological polar surface area (TPSA) is 12.0 Å². The molecular weight excluding hydrogens is 297 g/mol. The molecule has 2 rings (SSSR count). The largest absolute Gasteiger partial charge is 0.306 e. The average molecular weight is 314 g/mol. The highest BCUT2D eigenvalue weighted by molar-refractivity contribution is 7.12. The number of hydrogen-bond acceptors (Lipinski definition) is 2. The Morgan fingerprint density at radius 2 is 1.95 bits per heavy atom. The van der Waals surface area contributed by atoms with Crippen molar-refractivity contribution >= 4 is 34.5 Å². The van der Waals surface area contributed by atoms with Crippen molar-refractivity contribution in [3.63, 3.8) is 0 Å². The molecule has 1 nitrogen and oxygen atoms in total.